The maximum absolute atomic E-state index is 5.37. The number of aryl methyl sites for hydroxylation is 2. The standard InChI is InChI=1S/C13H19N3S/c1-10-5-6-11-12(9-10)16(13(17)14-11)8-4-7-15(2)3/h5-6,9H,4,7-8H2,1-3H3,(H,14,17). The van der Waals surface area contributed by atoms with Crippen molar-refractivity contribution < 1.29 is 0 Å². The molecule has 2 rings (SSSR count). The molecule has 3 nitrogen and oxygen atoms in total. The lowest BCUT2D eigenvalue weighted by Gasteiger charge is -2.10. The molecular weight excluding hydrogens is 230 g/mol. The average Bonchev–Trinajstić information content (AvgIpc) is 2.55. The number of fused-ring (bicyclic) bond motifs is 1. The van der Waals surface area contributed by atoms with Gasteiger partial charge in [-0.1, -0.05) is 6.07 Å². The van der Waals surface area contributed by atoms with E-state index in [0.717, 1.165) is 29.8 Å². The molecule has 1 aromatic carbocycles. The molecule has 17 heavy (non-hydrogen) atoms. The molecule has 0 aliphatic carbocycles. The summed E-state index contributed by atoms with van der Waals surface area (Å²) in [6.45, 7) is 4.17. The minimum atomic E-state index is 0.823. The summed E-state index contributed by atoms with van der Waals surface area (Å²) in [7, 11) is 4.19. The van der Waals surface area contributed by atoms with Gasteiger partial charge in [0.15, 0.2) is 4.77 Å². The Bertz CT molecular complexity index is 566. The molecule has 0 fully saturated rings. The number of benzene rings is 1. The zero-order valence-electron chi connectivity index (χ0n) is 10.7. The van der Waals surface area contributed by atoms with Gasteiger partial charge in [0.25, 0.3) is 0 Å². The summed E-state index contributed by atoms with van der Waals surface area (Å²) in [6.07, 6.45) is 1.11. The molecule has 92 valence electrons. The van der Waals surface area contributed by atoms with E-state index < -0.39 is 0 Å². The van der Waals surface area contributed by atoms with Crippen molar-refractivity contribution in [3.05, 3.63) is 28.5 Å². The fourth-order valence-electron chi connectivity index (χ4n) is 2.03. The Kier molecular flexibility index (Phi) is 3.64. The highest BCUT2D eigenvalue weighted by molar-refractivity contribution is 7.71. The normalized spacial score (nSPS) is 11.5. The van der Waals surface area contributed by atoms with Crippen LogP contribution in [0.4, 0.5) is 0 Å². The molecule has 0 aliphatic rings. The van der Waals surface area contributed by atoms with Gasteiger partial charge in [0.2, 0.25) is 0 Å². The summed E-state index contributed by atoms with van der Waals surface area (Å²) in [6, 6.07) is 6.40. The van der Waals surface area contributed by atoms with Crippen molar-refractivity contribution in [2.24, 2.45) is 0 Å². The van der Waals surface area contributed by atoms with Gasteiger partial charge in [-0.2, -0.15) is 0 Å². The van der Waals surface area contributed by atoms with Gasteiger partial charge in [0.05, 0.1) is 11.0 Å². The van der Waals surface area contributed by atoms with Gasteiger partial charge < -0.3 is 14.5 Å². The molecule has 0 aliphatic heterocycles. The molecule has 0 saturated heterocycles. The molecule has 2 aromatic rings. The largest absolute Gasteiger partial charge is 0.331 e. The number of nitrogens with zero attached hydrogens (tertiary/aromatic N) is 2. The second-order valence-electron chi connectivity index (χ2n) is 4.76. The number of aromatic nitrogens is 2. The second kappa shape index (κ2) is 5.02. The highest BCUT2D eigenvalue weighted by Crippen LogP contribution is 2.16. The molecule has 0 radical (unpaired) electrons. The lowest BCUT2D eigenvalue weighted by Crippen LogP contribution is -2.15. The minimum absolute atomic E-state index is 0.823. The zero-order chi connectivity index (χ0) is 12.4. The van der Waals surface area contributed by atoms with Crippen LogP contribution in [0.1, 0.15) is 12.0 Å². The summed E-state index contributed by atoms with van der Waals surface area (Å²) in [4.78, 5) is 5.45. The molecule has 0 amide bonds. The van der Waals surface area contributed by atoms with E-state index in [0.29, 0.717) is 0 Å². The van der Waals surface area contributed by atoms with Crippen LogP contribution in [0.15, 0.2) is 18.2 Å². The highest BCUT2D eigenvalue weighted by Gasteiger charge is 2.04. The molecule has 0 atom stereocenters. The molecule has 4 heteroatoms. The summed E-state index contributed by atoms with van der Waals surface area (Å²) in [5.41, 5.74) is 3.62. The Morgan fingerprint density at radius 2 is 2.12 bits per heavy atom. The fourth-order valence-corrected chi connectivity index (χ4v) is 2.33. The van der Waals surface area contributed by atoms with E-state index in [1.807, 2.05) is 0 Å². The van der Waals surface area contributed by atoms with Gasteiger partial charge in [-0.15, -0.1) is 0 Å². The number of H-pyrrole nitrogens is 1. The van der Waals surface area contributed by atoms with Crippen molar-refractivity contribution in [1.82, 2.24) is 14.5 Å². The van der Waals surface area contributed by atoms with Crippen LogP contribution in [0.2, 0.25) is 0 Å². The van der Waals surface area contributed by atoms with E-state index in [4.69, 9.17) is 12.2 Å². The summed E-state index contributed by atoms with van der Waals surface area (Å²) >= 11 is 5.37. The predicted octanol–water partition coefficient (Wildman–Crippen LogP) is 2.96. The van der Waals surface area contributed by atoms with Crippen molar-refractivity contribution in [1.29, 1.82) is 0 Å². The number of hydrogen-bond acceptors (Lipinski definition) is 2. The molecule has 1 heterocycles. The molecule has 0 bridgehead atoms. The Morgan fingerprint density at radius 3 is 2.82 bits per heavy atom. The lowest BCUT2D eigenvalue weighted by atomic mass is 10.2. The van der Waals surface area contributed by atoms with Gasteiger partial charge in [0, 0.05) is 6.54 Å². The van der Waals surface area contributed by atoms with Gasteiger partial charge in [-0.25, -0.2) is 0 Å². The number of nitrogens with one attached hydrogen (secondary N) is 1. The molecule has 1 N–H and O–H groups in total. The topological polar surface area (TPSA) is 24.0 Å². The Morgan fingerprint density at radius 1 is 1.35 bits per heavy atom. The minimum Gasteiger partial charge on any atom is -0.331 e. The average molecular weight is 249 g/mol. The molecule has 0 spiro atoms. The van der Waals surface area contributed by atoms with Crippen molar-refractivity contribution >= 4 is 23.3 Å². The lowest BCUT2D eigenvalue weighted by molar-refractivity contribution is 0.387. The van der Waals surface area contributed by atoms with Crippen LogP contribution in [-0.4, -0.2) is 35.1 Å². The first kappa shape index (κ1) is 12.3. The van der Waals surface area contributed by atoms with E-state index in [-0.39, 0.29) is 0 Å². The van der Waals surface area contributed by atoms with Crippen LogP contribution in [-0.2, 0) is 6.54 Å². The van der Waals surface area contributed by atoms with E-state index in [1.165, 1.54) is 11.1 Å². The number of rotatable bonds is 4. The monoisotopic (exact) mass is 249 g/mol. The number of imidazole rings is 1. The summed E-state index contributed by atoms with van der Waals surface area (Å²) in [5, 5.41) is 0. The SMILES string of the molecule is Cc1ccc2[nH]c(=S)n(CCCN(C)C)c2c1. The first-order valence-electron chi connectivity index (χ1n) is 5.92. The van der Waals surface area contributed by atoms with Gasteiger partial charge >= 0.3 is 0 Å². The van der Waals surface area contributed by atoms with Crippen LogP contribution >= 0.6 is 12.2 Å². The third-order valence-electron chi connectivity index (χ3n) is 2.92. The van der Waals surface area contributed by atoms with E-state index in [2.05, 4.69) is 53.7 Å². The van der Waals surface area contributed by atoms with Crippen molar-refractivity contribution in [2.45, 2.75) is 19.9 Å². The van der Waals surface area contributed by atoms with Gasteiger partial charge in [0.1, 0.15) is 0 Å². The van der Waals surface area contributed by atoms with Crippen molar-refractivity contribution in [3.63, 3.8) is 0 Å². The Labute approximate surface area is 107 Å². The number of hydrogen-bond donors (Lipinski definition) is 1. The van der Waals surface area contributed by atoms with E-state index in [1.54, 1.807) is 0 Å². The third kappa shape index (κ3) is 2.76. The van der Waals surface area contributed by atoms with Crippen LogP contribution in [0.5, 0.6) is 0 Å². The molecule has 1 aromatic heterocycles. The predicted molar refractivity (Wildman–Crippen MR) is 75.0 cm³/mol. The number of aromatic amines is 1. The van der Waals surface area contributed by atoms with Gasteiger partial charge in [-0.3, -0.25) is 0 Å². The Balaban J connectivity index is 2.29. The van der Waals surface area contributed by atoms with Crippen LogP contribution in [0, 0.1) is 11.7 Å². The summed E-state index contributed by atoms with van der Waals surface area (Å²) < 4.78 is 3.02. The molecular formula is C13H19N3S. The van der Waals surface area contributed by atoms with E-state index in [9.17, 15) is 0 Å². The van der Waals surface area contributed by atoms with Crippen LogP contribution in [0.25, 0.3) is 11.0 Å². The first-order chi connectivity index (χ1) is 8.08. The second-order valence-corrected chi connectivity index (χ2v) is 5.15. The van der Waals surface area contributed by atoms with Crippen LogP contribution < -0.4 is 0 Å². The fraction of sp³-hybridized carbons (Fsp3) is 0.462. The van der Waals surface area contributed by atoms with Gasteiger partial charge in [-0.05, 0) is 63.9 Å². The molecule has 0 unspecified atom stereocenters. The maximum atomic E-state index is 5.37. The molecule has 0 saturated carbocycles. The van der Waals surface area contributed by atoms with Crippen molar-refractivity contribution in [2.75, 3.05) is 20.6 Å². The summed E-state index contributed by atoms with van der Waals surface area (Å²) in [5.74, 6) is 0. The smallest absolute Gasteiger partial charge is 0.178 e. The van der Waals surface area contributed by atoms with Crippen molar-refractivity contribution in [3.8, 4) is 0 Å². The first-order valence-corrected chi connectivity index (χ1v) is 6.32. The highest BCUT2D eigenvalue weighted by atomic mass is 32.1. The third-order valence-corrected chi connectivity index (χ3v) is 3.24. The van der Waals surface area contributed by atoms with E-state index >= 15 is 0 Å². The quantitative estimate of drug-likeness (QED) is 0.842. The maximum Gasteiger partial charge on any atom is 0.178 e. The zero-order valence-corrected chi connectivity index (χ0v) is 11.5. The Hall–Kier alpha value is -1.13. The van der Waals surface area contributed by atoms with Crippen LogP contribution in [0.3, 0.4) is 0 Å².